The number of aromatic nitrogens is 1. The first kappa shape index (κ1) is 14.9. The van der Waals surface area contributed by atoms with Crippen molar-refractivity contribution in [2.45, 2.75) is 26.3 Å². The van der Waals surface area contributed by atoms with Gasteiger partial charge < -0.3 is 14.3 Å². The first-order chi connectivity index (χ1) is 11.5. The number of amides is 2. The number of fused-ring (bicyclic) bond motifs is 1. The zero-order valence-electron chi connectivity index (χ0n) is 13.7. The number of carbonyl (C=O) groups is 2. The molecule has 0 aliphatic carbocycles. The molecule has 2 aliphatic heterocycles. The monoisotopic (exact) mass is 325 g/mol. The van der Waals surface area contributed by atoms with Gasteiger partial charge in [-0.1, -0.05) is 23.4 Å². The summed E-state index contributed by atoms with van der Waals surface area (Å²) >= 11 is 0. The number of aryl methyl sites for hydroxylation is 1. The molecule has 1 aromatic heterocycles. The van der Waals surface area contributed by atoms with E-state index in [1.54, 1.807) is 17.9 Å². The molecule has 2 aromatic rings. The van der Waals surface area contributed by atoms with Crippen LogP contribution in [0.3, 0.4) is 0 Å². The van der Waals surface area contributed by atoms with Crippen molar-refractivity contribution in [3.63, 3.8) is 0 Å². The predicted molar refractivity (Wildman–Crippen MR) is 87.7 cm³/mol. The molecule has 1 saturated heterocycles. The first-order valence-corrected chi connectivity index (χ1v) is 8.18. The van der Waals surface area contributed by atoms with Crippen LogP contribution in [0.4, 0.5) is 5.69 Å². The van der Waals surface area contributed by atoms with Gasteiger partial charge >= 0.3 is 0 Å². The highest BCUT2D eigenvalue weighted by atomic mass is 16.5. The minimum Gasteiger partial charge on any atom is -0.361 e. The van der Waals surface area contributed by atoms with Crippen molar-refractivity contribution < 1.29 is 14.1 Å². The zero-order valence-corrected chi connectivity index (χ0v) is 13.7. The summed E-state index contributed by atoms with van der Waals surface area (Å²) in [5, 5.41) is 3.75. The van der Waals surface area contributed by atoms with Crippen LogP contribution in [0.25, 0.3) is 0 Å². The molecule has 1 atom stereocenters. The summed E-state index contributed by atoms with van der Waals surface area (Å²) in [7, 11) is 0. The number of hydrogen-bond donors (Lipinski definition) is 0. The van der Waals surface area contributed by atoms with Gasteiger partial charge in [0.25, 0.3) is 5.91 Å². The third-order valence-corrected chi connectivity index (χ3v) is 4.81. The van der Waals surface area contributed by atoms with E-state index in [-0.39, 0.29) is 23.8 Å². The van der Waals surface area contributed by atoms with Gasteiger partial charge in [0.15, 0.2) is 5.69 Å². The zero-order chi connectivity index (χ0) is 16.8. The Hall–Kier alpha value is -2.63. The molecule has 0 radical (unpaired) electrons. The smallest absolute Gasteiger partial charge is 0.276 e. The second-order valence-corrected chi connectivity index (χ2v) is 6.62. The fraction of sp³-hybridized carbons (Fsp3) is 0.389. The fourth-order valence-electron chi connectivity index (χ4n) is 3.53. The number of rotatable bonds is 2. The van der Waals surface area contributed by atoms with Crippen molar-refractivity contribution in [1.82, 2.24) is 10.1 Å². The van der Waals surface area contributed by atoms with Crippen LogP contribution in [0.15, 0.2) is 34.9 Å². The van der Waals surface area contributed by atoms with Crippen LogP contribution < -0.4 is 4.90 Å². The average molecular weight is 325 g/mol. The summed E-state index contributed by atoms with van der Waals surface area (Å²) in [5.41, 5.74) is 2.52. The Morgan fingerprint density at radius 1 is 1.25 bits per heavy atom. The van der Waals surface area contributed by atoms with Gasteiger partial charge in [0, 0.05) is 30.9 Å². The largest absolute Gasteiger partial charge is 0.361 e. The molecule has 6 nitrogen and oxygen atoms in total. The lowest BCUT2D eigenvalue weighted by Gasteiger charge is -2.40. The van der Waals surface area contributed by atoms with Gasteiger partial charge in [-0.2, -0.15) is 0 Å². The van der Waals surface area contributed by atoms with Crippen LogP contribution in [-0.4, -0.2) is 41.0 Å². The van der Waals surface area contributed by atoms with Crippen LogP contribution in [0.2, 0.25) is 0 Å². The summed E-state index contributed by atoms with van der Waals surface area (Å²) in [6.45, 7) is 4.69. The van der Waals surface area contributed by atoms with E-state index in [9.17, 15) is 9.59 Å². The second-order valence-electron chi connectivity index (χ2n) is 6.62. The number of nitrogens with zero attached hydrogens (tertiary/aromatic N) is 3. The van der Waals surface area contributed by atoms with E-state index < -0.39 is 0 Å². The molecule has 0 spiro atoms. The van der Waals surface area contributed by atoms with Crippen LogP contribution in [0, 0.1) is 12.8 Å². The SMILES string of the molecule is Cc1cc(C(=O)N2CC(C(=O)N3c4ccccc4CC3C)C2)no1. The molecule has 0 bridgehead atoms. The molecule has 2 aliphatic rings. The second kappa shape index (κ2) is 5.47. The molecule has 6 heteroatoms. The van der Waals surface area contributed by atoms with Crippen molar-refractivity contribution in [3.8, 4) is 0 Å². The van der Waals surface area contributed by atoms with Crippen molar-refractivity contribution in [3.05, 3.63) is 47.3 Å². The maximum absolute atomic E-state index is 12.9. The molecule has 0 saturated carbocycles. The molecule has 1 unspecified atom stereocenters. The summed E-state index contributed by atoms with van der Waals surface area (Å²) < 4.78 is 4.94. The summed E-state index contributed by atoms with van der Waals surface area (Å²) in [6, 6.07) is 9.82. The Balaban J connectivity index is 1.44. The average Bonchev–Trinajstić information content (AvgIpc) is 3.07. The molecule has 0 N–H and O–H groups in total. The quantitative estimate of drug-likeness (QED) is 0.847. The third kappa shape index (κ3) is 2.29. The number of benzene rings is 1. The number of hydrogen-bond acceptors (Lipinski definition) is 4. The van der Waals surface area contributed by atoms with E-state index in [2.05, 4.69) is 18.1 Å². The molecule has 3 heterocycles. The molecule has 1 aromatic carbocycles. The van der Waals surface area contributed by atoms with E-state index in [1.165, 1.54) is 5.56 Å². The lowest BCUT2D eigenvalue weighted by molar-refractivity contribution is -0.126. The fourth-order valence-corrected chi connectivity index (χ4v) is 3.53. The van der Waals surface area contributed by atoms with Crippen molar-refractivity contribution in [2.24, 2.45) is 5.92 Å². The van der Waals surface area contributed by atoms with Crippen molar-refractivity contribution in [1.29, 1.82) is 0 Å². The minimum absolute atomic E-state index is 0.104. The highest BCUT2D eigenvalue weighted by Gasteiger charge is 2.42. The molecule has 124 valence electrons. The summed E-state index contributed by atoms with van der Waals surface area (Å²) in [6.07, 6.45) is 0.884. The molecule has 2 amide bonds. The Morgan fingerprint density at radius 3 is 2.71 bits per heavy atom. The van der Waals surface area contributed by atoms with E-state index >= 15 is 0 Å². The van der Waals surface area contributed by atoms with Gasteiger partial charge in [-0.25, -0.2) is 0 Å². The van der Waals surface area contributed by atoms with Crippen LogP contribution in [0.5, 0.6) is 0 Å². The Morgan fingerprint density at radius 2 is 2.00 bits per heavy atom. The maximum Gasteiger partial charge on any atom is 0.276 e. The normalized spacial score (nSPS) is 20.0. The first-order valence-electron chi connectivity index (χ1n) is 8.18. The van der Waals surface area contributed by atoms with Gasteiger partial charge in [0.2, 0.25) is 5.91 Å². The molecular weight excluding hydrogens is 306 g/mol. The maximum atomic E-state index is 12.9. The van der Waals surface area contributed by atoms with E-state index in [1.807, 2.05) is 23.1 Å². The minimum atomic E-state index is -0.175. The number of likely N-dealkylation sites (tertiary alicyclic amines) is 1. The molecule has 4 rings (SSSR count). The van der Waals surface area contributed by atoms with Crippen LogP contribution >= 0.6 is 0 Å². The van der Waals surface area contributed by atoms with Gasteiger partial charge in [-0.15, -0.1) is 0 Å². The highest BCUT2D eigenvalue weighted by molar-refractivity contribution is 6.00. The van der Waals surface area contributed by atoms with Crippen molar-refractivity contribution >= 4 is 17.5 Å². The van der Waals surface area contributed by atoms with Gasteiger partial charge in [0.05, 0.1) is 5.92 Å². The van der Waals surface area contributed by atoms with Crippen molar-refractivity contribution in [2.75, 3.05) is 18.0 Å². The topological polar surface area (TPSA) is 66.7 Å². The van der Waals surface area contributed by atoms with Crippen LogP contribution in [0.1, 0.15) is 28.7 Å². The van der Waals surface area contributed by atoms with E-state index in [0.717, 1.165) is 12.1 Å². The van der Waals surface area contributed by atoms with E-state index in [4.69, 9.17) is 4.52 Å². The van der Waals surface area contributed by atoms with Gasteiger partial charge in [0.1, 0.15) is 5.76 Å². The Labute approximate surface area is 140 Å². The number of anilines is 1. The van der Waals surface area contributed by atoms with Gasteiger partial charge in [-0.3, -0.25) is 9.59 Å². The van der Waals surface area contributed by atoms with E-state index in [0.29, 0.717) is 24.5 Å². The van der Waals surface area contributed by atoms with Crippen LogP contribution in [-0.2, 0) is 11.2 Å². The standard InChI is InChI=1S/C18H19N3O3/c1-11-7-13-5-3-4-6-16(13)21(11)17(22)14-9-20(10-14)18(23)15-8-12(2)24-19-15/h3-6,8,11,14H,7,9-10H2,1-2H3. The molecule has 24 heavy (non-hydrogen) atoms. The Kier molecular flexibility index (Phi) is 3.40. The Bertz CT molecular complexity index is 807. The highest BCUT2D eigenvalue weighted by Crippen LogP contribution is 2.34. The third-order valence-electron chi connectivity index (χ3n) is 4.81. The summed E-state index contributed by atoms with van der Waals surface area (Å²) in [4.78, 5) is 28.7. The number of para-hydroxylation sites is 1. The molecular formula is C18H19N3O3. The lowest BCUT2D eigenvalue weighted by Crippen LogP contribution is -2.57. The number of carbonyl (C=O) groups excluding carboxylic acids is 2. The summed E-state index contributed by atoms with van der Waals surface area (Å²) in [5.74, 6) is 0.392. The molecule has 1 fully saturated rings. The predicted octanol–water partition coefficient (Wildman–Crippen LogP) is 2.03. The lowest BCUT2D eigenvalue weighted by atomic mass is 9.97. The van der Waals surface area contributed by atoms with Gasteiger partial charge in [-0.05, 0) is 31.9 Å².